The summed E-state index contributed by atoms with van der Waals surface area (Å²) in [5, 5.41) is 2.66. The molecule has 3 unspecified atom stereocenters. The van der Waals surface area contributed by atoms with Gasteiger partial charge >= 0.3 is 0 Å². The quantitative estimate of drug-likeness (QED) is 0.503. The first kappa shape index (κ1) is 20.9. The van der Waals surface area contributed by atoms with Crippen LogP contribution in [0.15, 0.2) is 42.7 Å². The van der Waals surface area contributed by atoms with Crippen LogP contribution < -0.4 is 0 Å². The van der Waals surface area contributed by atoms with E-state index in [4.69, 9.17) is 0 Å². The van der Waals surface area contributed by atoms with Crippen LogP contribution in [0.1, 0.15) is 70.8 Å². The summed E-state index contributed by atoms with van der Waals surface area (Å²) in [6.45, 7) is 5.31. The van der Waals surface area contributed by atoms with Gasteiger partial charge in [-0.3, -0.25) is 4.98 Å². The maximum absolute atomic E-state index is 4.37. The summed E-state index contributed by atoms with van der Waals surface area (Å²) < 4.78 is 0. The van der Waals surface area contributed by atoms with Gasteiger partial charge in [-0.25, -0.2) is 0 Å². The average molecular weight is 429 g/mol. The number of nitrogens with zero attached hydrogens (tertiary/aromatic N) is 2. The summed E-state index contributed by atoms with van der Waals surface area (Å²) in [5.41, 5.74) is 4.02. The Kier molecular flexibility index (Phi) is 4.85. The summed E-state index contributed by atoms with van der Waals surface area (Å²) >= 11 is 0. The maximum atomic E-state index is 4.37. The molecule has 3 saturated carbocycles. The van der Waals surface area contributed by atoms with Gasteiger partial charge in [-0.05, 0) is 123 Å². The Morgan fingerprint density at radius 2 is 1.84 bits per heavy atom. The minimum Gasteiger partial charge on any atom is -0.306 e. The highest BCUT2D eigenvalue weighted by atomic mass is 15.1. The van der Waals surface area contributed by atoms with Crippen molar-refractivity contribution in [3.63, 3.8) is 0 Å². The molecule has 0 radical (unpaired) electrons. The summed E-state index contributed by atoms with van der Waals surface area (Å²) in [7, 11) is 4.58. The second kappa shape index (κ2) is 7.42. The highest BCUT2D eigenvalue weighted by Gasteiger charge is 2.58. The number of benzene rings is 1. The van der Waals surface area contributed by atoms with E-state index in [0.29, 0.717) is 10.8 Å². The molecule has 0 aliphatic heterocycles. The lowest BCUT2D eigenvalue weighted by atomic mass is 9.44. The van der Waals surface area contributed by atoms with Gasteiger partial charge in [-0.2, -0.15) is 0 Å². The highest BCUT2D eigenvalue weighted by molar-refractivity contribution is 5.95. The van der Waals surface area contributed by atoms with Crippen LogP contribution in [0.3, 0.4) is 0 Å². The SMILES string of the molecule is CN(C)[C@H]1CCC2(C)[C@@H](CCC3[C@@H]4CC=C(c5cccc6cnccc56)C4(C)CC[C@@H]32)C1. The molecule has 6 rings (SSSR count). The van der Waals surface area contributed by atoms with Crippen LogP contribution in [0.25, 0.3) is 16.3 Å². The van der Waals surface area contributed by atoms with Crippen molar-refractivity contribution in [3.8, 4) is 0 Å². The van der Waals surface area contributed by atoms with E-state index in [2.05, 4.69) is 68.2 Å². The lowest BCUT2D eigenvalue weighted by Gasteiger charge is -2.61. The van der Waals surface area contributed by atoms with Crippen LogP contribution in [0.5, 0.6) is 0 Å². The fourth-order valence-electron chi connectivity index (χ4n) is 9.05. The second-order valence-electron chi connectivity index (χ2n) is 12.3. The molecule has 0 saturated heterocycles. The molecule has 1 aromatic carbocycles. The van der Waals surface area contributed by atoms with Crippen LogP contribution in [0, 0.1) is 34.5 Å². The minimum atomic E-state index is 0.336. The Bertz CT molecular complexity index is 1050. The molecule has 7 atom stereocenters. The summed E-state index contributed by atoms with van der Waals surface area (Å²) in [6.07, 6.45) is 17.9. The molecule has 2 nitrogen and oxygen atoms in total. The molecular formula is C30H40N2. The van der Waals surface area contributed by atoms with E-state index >= 15 is 0 Å². The van der Waals surface area contributed by atoms with E-state index in [1.54, 1.807) is 5.57 Å². The van der Waals surface area contributed by atoms with E-state index in [-0.39, 0.29) is 0 Å². The fraction of sp³-hybridized carbons (Fsp3) is 0.633. The zero-order valence-electron chi connectivity index (χ0n) is 20.5. The van der Waals surface area contributed by atoms with Gasteiger partial charge in [-0.15, -0.1) is 0 Å². The molecule has 170 valence electrons. The van der Waals surface area contributed by atoms with Crippen LogP contribution in [0.2, 0.25) is 0 Å². The number of fused-ring (bicyclic) bond motifs is 6. The van der Waals surface area contributed by atoms with Crippen LogP contribution in [0.4, 0.5) is 0 Å². The van der Waals surface area contributed by atoms with E-state index in [1.807, 2.05) is 12.4 Å². The zero-order valence-corrected chi connectivity index (χ0v) is 20.5. The molecule has 1 heterocycles. The monoisotopic (exact) mass is 428 g/mol. The smallest absolute Gasteiger partial charge is 0.0346 e. The highest BCUT2D eigenvalue weighted by Crippen LogP contribution is 2.67. The van der Waals surface area contributed by atoms with Crippen molar-refractivity contribution in [1.82, 2.24) is 9.88 Å². The molecule has 4 aliphatic carbocycles. The molecule has 0 N–H and O–H groups in total. The predicted octanol–water partition coefficient (Wildman–Crippen LogP) is 7.20. The molecule has 1 aromatic heterocycles. The van der Waals surface area contributed by atoms with Gasteiger partial charge in [0.1, 0.15) is 0 Å². The summed E-state index contributed by atoms with van der Waals surface area (Å²) in [6, 6.07) is 9.85. The molecule has 3 fully saturated rings. The summed E-state index contributed by atoms with van der Waals surface area (Å²) in [4.78, 5) is 6.87. The first-order valence-corrected chi connectivity index (χ1v) is 13.1. The van der Waals surface area contributed by atoms with Crippen LogP contribution in [-0.2, 0) is 0 Å². The Balaban J connectivity index is 1.31. The van der Waals surface area contributed by atoms with Crippen molar-refractivity contribution >= 4 is 16.3 Å². The van der Waals surface area contributed by atoms with E-state index in [0.717, 1.165) is 29.7 Å². The minimum absolute atomic E-state index is 0.336. The number of aromatic nitrogens is 1. The van der Waals surface area contributed by atoms with Gasteiger partial charge < -0.3 is 4.90 Å². The van der Waals surface area contributed by atoms with Crippen molar-refractivity contribution in [2.45, 2.75) is 71.3 Å². The number of rotatable bonds is 2. The predicted molar refractivity (Wildman–Crippen MR) is 134 cm³/mol. The Labute approximate surface area is 194 Å². The first-order valence-electron chi connectivity index (χ1n) is 13.1. The largest absolute Gasteiger partial charge is 0.306 e. The van der Waals surface area contributed by atoms with Gasteiger partial charge in [0.2, 0.25) is 0 Å². The average Bonchev–Trinajstić information content (AvgIpc) is 3.15. The molecule has 0 spiro atoms. The van der Waals surface area contributed by atoms with Crippen molar-refractivity contribution < 1.29 is 0 Å². The van der Waals surface area contributed by atoms with Crippen LogP contribution in [-0.4, -0.2) is 30.0 Å². The van der Waals surface area contributed by atoms with E-state index in [9.17, 15) is 0 Å². The third kappa shape index (κ3) is 2.91. The van der Waals surface area contributed by atoms with Gasteiger partial charge in [-0.1, -0.05) is 38.1 Å². The molecular weight excluding hydrogens is 388 g/mol. The topological polar surface area (TPSA) is 16.1 Å². The standard InChI is InChI=1S/C30H40N2/c1-29-15-12-22(32(3)4)18-21(29)8-9-25-27-11-10-26(30(27,2)16-13-28(25)29)24-7-5-6-20-19-31-17-14-23(20)24/h5-7,10,14,17,19,21-22,25,27-28H,8-9,11-13,15-16,18H2,1-4H3/t21-,22-,25?,27-,28-,29?,30?/m0/s1. The van der Waals surface area contributed by atoms with E-state index < -0.39 is 0 Å². The first-order chi connectivity index (χ1) is 15.4. The van der Waals surface area contributed by atoms with Gasteiger partial charge in [0, 0.05) is 23.8 Å². The molecule has 32 heavy (non-hydrogen) atoms. The number of allylic oxidation sites excluding steroid dienone is 2. The molecule has 4 aliphatic rings. The van der Waals surface area contributed by atoms with Crippen molar-refractivity contribution in [3.05, 3.63) is 48.3 Å². The maximum Gasteiger partial charge on any atom is 0.0346 e. The zero-order chi connectivity index (χ0) is 22.1. The number of pyridine rings is 1. The van der Waals surface area contributed by atoms with Gasteiger partial charge in [0.25, 0.3) is 0 Å². The molecule has 2 aromatic rings. The molecule has 0 amide bonds. The number of hydrogen-bond donors (Lipinski definition) is 0. The molecule has 0 bridgehead atoms. The lowest BCUT2D eigenvalue weighted by Crippen LogP contribution is -2.54. The molecule has 2 heteroatoms. The van der Waals surface area contributed by atoms with Crippen molar-refractivity contribution in [2.75, 3.05) is 14.1 Å². The third-order valence-electron chi connectivity index (χ3n) is 10.9. The lowest BCUT2D eigenvalue weighted by molar-refractivity contribution is -0.106. The Morgan fingerprint density at radius 3 is 2.69 bits per heavy atom. The Hall–Kier alpha value is -1.67. The van der Waals surface area contributed by atoms with E-state index in [1.165, 1.54) is 67.7 Å². The number of hydrogen-bond acceptors (Lipinski definition) is 2. The van der Waals surface area contributed by atoms with Crippen molar-refractivity contribution in [1.29, 1.82) is 0 Å². The normalized spacial score (nSPS) is 41.2. The summed E-state index contributed by atoms with van der Waals surface area (Å²) in [5.74, 6) is 3.62. The van der Waals surface area contributed by atoms with Gasteiger partial charge in [0.15, 0.2) is 0 Å². The second-order valence-corrected chi connectivity index (χ2v) is 12.3. The Morgan fingerprint density at radius 1 is 0.969 bits per heavy atom. The van der Waals surface area contributed by atoms with Crippen molar-refractivity contribution in [2.24, 2.45) is 34.5 Å². The third-order valence-corrected chi connectivity index (χ3v) is 10.9. The van der Waals surface area contributed by atoms with Gasteiger partial charge in [0.05, 0.1) is 0 Å². The fourth-order valence-corrected chi connectivity index (χ4v) is 9.05. The van der Waals surface area contributed by atoms with Crippen LogP contribution >= 0.6 is 0 Å².